The van der Waals surface area contributed by atoms with E-state index in [9.17, 15) is 4.79 Å². The largest absolute Gasteiger partial charge is 0.356 e. The van der Waals surface area contributed by atoms with Crippen molar-refractivity contribution >= 4 is 11.9 Å². The van der Waals surface area contributed by atoms with E-state index < -0.39 is 0 Å². The monoisotopic (exact) mass is 238 g/mol. The fraction of sp³-hybridized carbons (Fsp3) is 0.833. The lowest BCUT2D eigenvalue weighted by molar-refractivity contribution is -0.119. The standard InChI is InChI=1S/C8H15N3.C4H7NO/c1-10-5-3-7-11-6-2-4-9-8(10)11;6-4-2-1-3-5-4/h2-7H2,1H3;1-3H2,(H,5,6). The molecule has 5 heteroatoms. The average molecular weight is 238 g/mol. The van der Waals surface area contributed by atoms with Gasteiger partial charge in [-0.2, -0.15) is 0 Å². The van der Waals surface area contributed by atoms with Crippen LogP contribution in [0.1, 0.15) is 25.7 Å². The molecule has 0 aliphatic carbocycles. The van der Waals surface area contributed by atoms with Crippen molar-refractivity contribution in [3.8, 4) is 0 Å². The molecule has 0 saturated carbocycles. The van der Waals surface area contributed by atoms with Gasteiger partial charge in [0.15, 0.2) is 5.96 Å². The van der Waals surface area contributed by atoms with Gasteiger partial charge in [-0.1, -0.05) is 0 Å². The Kier molecular flexibility index (Phi) is 4.23. The Bertz CT molecular complexity index is 295. The molecule has 0 bridgehead atoms. The van der Waals surface area contributed by atoms with Gasteiger partial charge in [-0.15, -0.1) is 0 Å². The summed E-state index contributed by atoms with van der Waals surface area (Å²) in [5.41, 5.74) is 0. The first-order valence-electron chi connectivity index (χ1n) is 6.54. The van der Waals surface area contributed by atoms with Crippen molar-refractivity contribution in [2.24, 2.45) is 4.99 Å². The van der Waals surface area contributed by atoms with Gasteiger partial charge in [0.05, 0.1) is 0 Å². The highest BCUT2D eigenvalue weighted by atomic mass is 16.1. The summed E-state index contributed by atoms with van der Waals surface area (Å²) in [5.74, 6) is 1.43. The molecule has 96 valence electrons. The minimum Gasteiger partial charge on any atom is -0.356 e. The SMILES string of the molecule is CN1CCCN2CCCN=C12.O=C1CCCN1. The lowest BCUT2D eigenvalue weighted by Crippen LogP contribution is -2.50. The molecule has 0 atom stereocenters. The van der Waals surface area contributed by atoms with Gasteiger partial charge < -0.3 is 15.1 Å². The summed E-state index contributed by atoms with van der Waals surface area (Å²) in [6, 6.07) is 0. The van der Waals surface area contributed by atoms with Crippen molar-refractivity contribution in [1.29, 1.82) is 0 Å². The molecule has 3 aliphatic heterocycles. The van der Waals surface area contributed by atoms with E-state index >= 15 is 0 Å². The second-order valence-corrected chi connectivity index (χ2v) is 4.75. The first kappa shape index (κ1) is 12.2. The number of rotatable bonds is 0. The maximum atomic E-state index is 10.1. The Morgan fingerprint density at radius 1 is 1.18 bits per heavy atom. The van der Waals surface area contributed by atoms with E-state index in [1.165, 1.54) is 38.4 Å². The molecule has 1 N–H and O–H groups in total. The van der Waals surface area contributed by atoms with Gasteiger partial charge in [0.25, 0.3) is 0 Å². The van der Waals surface area contributed by atoms with Crippen molar-refractivity contribution in [3.05, 3.63) is 0 Å². The summed E-state index contributed by atoms with van der Waals surface area (Å²) in [4.78, 5) is 19.3. The van der Waals surface area contributed by atoms with Gasteiger partial charge in [-0.25, -0.2) is 0 Å². The predicted molar refractivity (Wildman–Crippen MR) is 68.0 cm³/mol. The van der Waals surface area contributed by atoms with Crippen molar-refractivity contribution in [3.63, 3.8) is 0 Å². The molecule has 2 fully saturated rings. The van der Waals surface area contributed by atoms with Gasteiger partial charge in [-0.05, 0) is 19.3 Å². The number of carbonyl (C=O) groups is 1. The molecule has 0 aromatic carbocycles. The first-order valence-corrected chi connectivity index (χ1v) is 6.54. The van der Waals surface area contributed by atoms with Crippen LogP contribution in [0.15, 0.2) is 4.99 Å². The zero-order valence-corrected chi connectivity index (χ0v) is 10.6. The van der Waals surface area contributed by atoms with Gasteiger partial charge >= 0.3 is 0 Å². The predicted octanol–water partition coefficient (Wildman–Crippen LogP) is 0.280. The third-order valence-electron chi connectivity index (χ3n) is 3.29. The van der Waals surface area contributed by atoms with E-state index in [-0.39, 0.29) is 5.91 Å². The number of hydrogen-bond acceptors (Lipinski definition) is 4. The third kappa shape index (κ3) is 3.35. The van der Waals surface area contributed by atoms with Crippen LogP contribution in [0.3, 0.4) is 0 Å². The van der Waals surface area contributed by atoms with Crippen molar-refractivity contribution < 1.29 is 4.79 Å². The van der Waals surface area contributed by atoms with E-state index in [0.29, 0.717) is 0 Å². The highest BCUT2D eigenvalue weighted by Gasteiger charge is 2.22. The molecule has 0 aromatic heterocycles. The molecule has 3 aliphatic rings. The molecule has 3 heterocycles. The number of nitrogens with zero attached hydrogens (tertiary/aromatic N) is 3. The number of amides is 1. The van der Waals surface area contributed by atoms with E-state index in [2.05, 4.69) is 27.2 Å². The molecule has 2 saturated heterocycles. The first-order chi connectivity index (χ1) is 8.27. The zero-order valence-electron chi connectivity index (χ0n) is 10.6. The maximum absolute atomic E-state index is 10.1. The van der Waals surface area contributed by atoms with Crippen LogP contribution in [0.4, 0.5) is 0 Å². The van der Waals surface area contributed by atoms with E-state index in [1.54, 1.807) is 0 Å². The Hall–Kier alpha value is -1.26. The fourth-order valence-electron chi connectivity index (χ4n) is 2.38. The summed E-state index contributed by atoms with van der Waals surface area (Å²) in [7, 11) is 2.14. The summed E-state index contributed by atoms with van der Waals surface area (Å²) < 4.78 is 0. The molecule has 17 heavy (non-hydrogen) atoms. The van der Waals surface area contributed by atoms with E-state index in [4.69, 9.17) is 0 Å². The average Bonchev–Trinajstić information content (AvgIpc) is 2.82. The Morgan fingerprint density at radius 2 is 2.00 bits per heavy atom. The van der Waals surface area contributed by atoms with Crippen molar-refractivity contribution in [1.82, 2.24) is 15.1 Å². The van der Waals surface area contributed by atoms with Crippen LogP contribution < -0.4 is 5.32 Å². The second-order valence-electron chi connectivity index (χ2n) is 4.75. The third-order valence-corrected chi connectivity index (χ3v) is 3.29. The van der Waals surface area contributed by atoms with Crippen molar-refractivity contribution in [2.45, 2.75) is 25.7 Å². The number of aliphatic imine (C=N–C) groups is 1. The van der Waals surface area contributed by atoms with Gasteiger partial charge in [-0.3, -0.25) is 9.79 Å². The number of hydrogen-bond donors (Lipinski definition) is 1. The molecule has 0 radical (unpaired) electrons. The van der Waals surface area contributed by atoms with Crippen LogP contribution in [0, 0.1) is 0 Å². The summed E-state index contributed by atoms with van der Waals surface area (Å²) in [6.45, 7) is 5.51. The van der Waals surface area contributed by atoms with E-state index in [0.717, 1.165) is 25.9 Å². The zero-order chi connectivity index (χ0) is 12.1. The highest BCUT2D eigenvalue weighted by molar-refractivity contribution is 5.81. The Labute approximate surface area is 103 Å². The Morgan fingerprint density at radius 3 is 2.59 bits per heavy atom. The Balaban J connectivity index is 0.000000153. The molecule has 0 spiro atoms. The molecule has 1 amide bonds. The van der Waals surface area contributed by atoms with Crippen molar-refractivity contribution in [2.75, 3.05) is 39.8 Å². The van der Waals surface area contributed by atoms with Crippen LogP contribution in [-0.4, -0.2) is 61.4 Å². The van der Waals surface area contributed by atoms with Gasteiger partial charge in [0.1, 0.15) is 0 Å². The number of carbonyl (C=O) groups excluding carboxylic acids is 1. The van der Waals surface area contributed by atoms with Crippen LogP contribution in [-0.2, 0) is 4.79 Å². The number of fused-ring (bicyclic) bond motifs is 1. The van der Waals surface area contributed by atoms with E-state index in [1.807, 2.05) is 0 Å². The molecule has 5 nitrogen and oxygen atoms in total. The van der Waals surface area contributed by atoms with Crippen LogP contribution in [0.5, 0.6) is 0 Å². The minimum absolute atomic E-state index is 0.204. The normalized spacial score (nSPS) is 23.4. The second kappa shape index (κ2) is 5.89. The fourth-order valence-corrected chi connectivity index (χ4v) is 2.38. The molecular formula is C12H22N4O. The minimum atomic E-state index is 0.204. The van der Waals surface area contributed by atoms with Gasteiger partial charge in [0.2, 0.25) is 5.91 Å². The quantitative estimate of drug-likeness (QED) is 0.659. The summed E-state index contributed by atoms with van der Waals surface area (Å²) in [5, 5.41) is 2.68. The topological polar surface area (TPSA) is 47.9 Å². The van der Waals surface area contributed by atoms with Gasteiger partial charge in [0, 0.05) is 46.2 Å². The van der Waals surface area contributed by atoms with Crippen LogP contribution >= 0.6 is 0 Å². The smallest absolute Gasteiger partial charge is 0.220 e. The number of nitrogens with one attached hydrogen (secondary N) is 1. The maximum Gasteiger partial charge on any atom is 0.220 e. The number of guanidine groups is 1. The molecular weight excluding hydrogens is 216 g/mol. The summed E-state index contributed by atoms with van der Waals surface area (Å²) >= 11 is 0. The summed E-state index contributed by atoms with van der Waals surface area (Å²) in [6.07, 6.45) is 4.28. The van der Waals surface area contributed by atoms with Crippen LogP contribution in [0.25, 0.3) is 0 Å². The van der Waals surface area contributed by atoms with Crippen LogP contribution in [0.2, 0.25) is 0 Å². The lowest BCUT2D eigenvalue weighted by Gasteiger charge is -2.39. The highest BCUT2D eigenvalue weighted by Crippen LogP contribution is 2.11. The molecule has 0 aromatic rings. The molecule has 0 unspecified atom stereocenters. The lowest BCUT2D eigenvalue weighted by atomic mass is 10.2. The molecule has 3 rings (SSSR count).